The van der Waals surface area contributed by atoms with E-state index in [1.807, 2.05) is 30.5 Å². The molecule has 1 N–H and O–H groups in total. The van der Waals surface area contributed by atoms with Crippen molar-refractivity contribution in [2.75, 3.05) is 0 Å². The number of benzene rings is 1. The van der Waals surface area contributed by atoms with Crippen LogP contribution >= 0.6 is 11.8 Å². The molecule has 2 aromatic heterocycles. The lowest BCUT2D eigenvalue weighted by molar-refractivity contribution is -0.654. The highest BCUT2D eigenvalue weighted by molar-refractivity contribution is 7.98. The summed E-state index contributed by atoms with van der Waals surface area (Å²) in [4.78, 5) is 4.43. The Kier molecular flexibility index (Phi) is 2.42. The highest BCUT2D eigenvalue weighted by atomic mass is 32.2. The van der Waals surface area contributed by atoms with Crippen LogP contribution in [0.15, 0.2) is 59.9 Å². The van der Waals surface area contributed by atoms with Crippen molar-refractivity contribution >= 4 is 11.8 Å². The molecule has 0 aliphatic carbocycles. The molecule has 0 unspecified atom stereocenters. The van der Waals surface area contributed by atoms with Gasteiger partial charge in [0.25, 0.3) is 0 Å². The molecule has 0 amide bonds. The van der Waals surface area contributed by atoms with E-state index in [2.05, 4.69) is 39.2 Å². The summed E-state index contributed by atoms with van der Waals surface area (Å²) in [5.41, 5.74) is 4.86. The molecule has 0 fully saturated rings. The fraction of sp³-hybridized carbons (Fsp3) is 0.0667. The summed E-state index contributed by atoms with van der Waals surface area (Å²) >= 11 is 1.80. The van der Waals surface area contributed by atoms with E-state index in [-0.39, 0.29) is 0 Å². The average Bonchev–Trinajstić information content (AvgIpc) is 2.93. The SMILES string of the molecule is c1ccc(-[n+]2cc3c([nH]2)-c2cccnc2SC3)cc1. The standard InChI is InChI=1S/C15H11N3S/c1-2-5-12(6-3-1)18-9-11-10-19-15-13(14(11)17-18)7-4-8-16-15/h1-9H,10H2/p+1. The zero-order chi connectivity index (χ0) is 12.7. The maximum absolute atomic E-state index is 4.43. The van der Waals surface area contributed by atoms with Gasteiger partial charge in [0.1, 0.15) is 10.7 Å². The number of hydrogen-bond donors (Lipinski definition) is 1. The van der Waals surface area contributed by atoms with Crippen LogP contribution < -0.4 is 4.68 Å². The number of aromatic nitrogens is 3. The molecule has 4 heteroatoms. The first-order valence-electron chi connectivity index (χ1n) is 6.19. The summed E-state index contributed by atoms with van der Waals surface area (Å²) in [6.07, 6.45) is 4.03. The summed E-state index contributed by atoms with van der Waals surface area (Å²) in [6.45, 7) is 0. The summed E-state index contributed by atoms with van der Waals surface area (Å²) < 4.78 is 2.08. The second kappa shape index (κ2) is 4.24. The van der Waals surface area contributed by atoms with Crippen molar-refractivity contribution in [3.05, 3.63) is 60.4 Å². The highest BCUT2D eigenvalue weighted by Crippen LogP contribution is 2.38. The Morgan fingerprint density at radius 2 is 2.00 bits per heavy atom. The Labute approximate surface area is 115 Å². The number of pyridine rings is 1. The largest absolute Gasteiger partial charge is 0.249 e. The molecule has 1 aliphatic rings. The van der Waals surface area contributed by atoms with Crippen LogP contribution in [0.25, 0.3) is 16.9 Å². The van der Waals surface area contributed by atoms with Crippen LogP contribution in [0.1, 0.15) is 5.56 Å². The van der Waals surface area contributed by atoms with Gasteiger partial charge in [-0.3, -0.25) is 0 Å². The molecule has 3 aromatic rings. The predicted octanol–water partition coefficient (Wildman–Crippen LogP) is 2.96. The van der Waals surface area contributed by atoms with Crippen molar-refractivity contribution in [2.24, 2.45) is 0 Å². The molecular formula is C15H12N3S+. The Morgan fingerprint density at radius 1 is 1.11 bits per heavy atom. The van der Waals surface area contributed by atoms with Crippen LogP contribution in [0.4, 0.5) is 0 Å². The third-order valence-electron chi connectivity index (χ3n) is 3.28. The summed E-state index contributed by atoms with van der Waals surface area (Å²) in [6, 6.07) is 14.4. The van der Waals surface area contributed by atoms with Gasteiger partial charge in [0.05, 0.1) is 5.56 Å². The van der Waals surface area contributed by atoms with Crippen LogP contribution in [0.2, 0.25) is 0 Å². The first-order chi connectivity index (χ1) is 9.42. The lowest BCUT2D eigenvalue weighted by Gasteiger charge is -2.10. The number of nitrogens with zero attached hydrogens (tertiary/aromatic N) is 2. The average molecular weight is 266 g/mol. The zero-order valence-electron chi connectivity index (χ0n) is 10.2. The van der Waals surface area contributed by atoms with Crippen molar-refractivity contribution in [3.8, 4) is 16.9 Å². The number of thioether (sulfide) groups is 1. The van der Waals surface area contributed by atoms with Gasteiger partial charge in [-0.05, 0) is 12.1 Å². The van der Waals surface area contributed by atoms with Gasteiger partial charge in [0.15, 0.2) is 0 Å². The zero-order valence-corrected chi connectivity index (χ0v) is 11.0. The molecule has 19 heavy (non-hydrogen) atoms. The van der Waals surface area contributed by atoms with Gasteiger partial charge in [-0.25, -0.2) is 4.98 Å². The quantitative estimate of drug-likeness (QED) is 0.687. The highest BCUT2D eigenvalue weighted by Gasteiger charge is 2.24. The van der Waals surface area contributed by atoms with Crippen molar-refractivity contribution in [1.29, 1.82) is 0 Å². The van der Waals surface area contributed by atoms with Crippen LogP contribution in [-0.4, -0.2) is 10.1 Å². The molecule has 0 saturated carbocycles. The monoisotopic (exact) mass is 266 g/mol. The maximum Gasteiger partial charge on any atom is 0.235 e. The fourth-order valence-corrected chi connectivity index (χ4v) is 3.33. The number of hydrogen-bond acceptors (Lipinski definition) is 2. The molecule has 3 nitrogen and oxygen atoms in total. The Hall–Kier alpha value is -2.07. The summed E-state index contributed by atoms with van der Waals surface area (Å²) in [5.74, 6) is 0.968. The van der Waals surface area contributed by atoms with E-state index >= 15 is 0 Å². The van der Waals surface area contributed by atoms with Crippen molar-refractivity contribution in [2.45, 2.75) is 10.8 Å². The third-order valence-corrected chi connectivity index (χ3v) is 4.33. The topological polar surface area (TPSA) is 32.6 Å². The molecule has 1 aromatic carbocycles. The number of H-pyrrole nitrogens is 1. The lowest BCUT2D eigenvalue weighted by Crippen LogP contribution is -2.31. The van der Waals surface area contributed by atoms with E-state index in [1.54, 1.807) is 11.8 Å². The van der Waals surface area contributed by atoms with Gasteiger partial charge in [-0.2, -0.15) is 5.10 Å². The molecule has 0 radical (unpaired) electrons. The van der Waals surface area contributed by atoms with Crippen LogP contribution in [0.5, 0.6) is 0 Å². The second-order valence-corrected chi connectivity index (χ2v) is 5.46. The van der Waals surface area contributed by atoms with Crippen molar-refractivity contribution < 1.29 is 4.68 Å². The molecule has 0 atom stereocenters. The van der Waals surface area contributed by atoms with Crippen molar-refractivity contribution in [3.63, 3.8) is 0 Å². The van der Waals surface area contributed by atoms with Gasteiger partial charge < -0.3 is 0 Å². The second-order valence-electron chi connectivity index (χ2n) is 4.49. The summed E-state index contributed by atoms with van der Waals surface area (Å²) in [7, 11) is 0. The Balaban J connectivity index is 1.88. The van der Waals surface area contributed by atoms with E-state index < -0.39 is 0 Å². The minimum absolute atomic E-state index is 0.968. The Morgan fingerprint density at radius 3 is 2.89 bits per heavy atom. The van der Waals surface area contributed by atoms with E-state index in [0.29, 0.717) is 0 Å². The molecule has 0 saturated heterocycles. The maximum atomic E-state index is 4.43. The van der Waals surface area contributed by atoms with Gasteiger partial charge in [-0.1, -0.05) is 22.9 Å². The van der Waals surface area contributed by atoms with E-state index in [4.69, 9.17) is 0 Å². The molecule has 3 heterocycles. The number of para-hydroxylation sites is 1. The third kappa shape index (κ3) is 1.76. The summed E-state index contributed by atoms with van der Waals surface area (Å²) in [5, 5.41) is 4.58. The number of fused-ring (bicyclic) bond motifs is 3. The van der Waals surface area contributed by atoms with Gasteiger partial charge in [-0.15, -0.1) is 11.8 Å². The van der Waals surface area contributed by atoms with E-state index in [1.165, 1.54) is 16.8 Å². The molecule has 4 rings (SSSR count). The smallest absolute Gasteiger partial charge is 0.235 e. The molecule has 0 bridgehead atoms. The van der Waals surface area contributed by atoms with Gasteiger partial charge >= 0.3 is 0 Å². The minimum atomic E-state index is 0.968. The van der Waals surface area contributed by atoms with E-state index in [0.717, 1.165) is 16.5 Å². The minimum Gasteiger partial charge on any atom is -0.249 e. The van der Waals surface area contributed by atoms with Crippen LogP contribution in [0, 0.1) is 0 Å². The van der Waals surface area contributed by atoms with Crippen LogP contribution in [-0.2, 0) is 5.75 Å². The van der Waals surface area contributed by atoms with Gasteiger partial charge in [0, 0.05) is 29.6 Å². The number of aromatic amines is 1. The normalized spacial score (nSPS) is 12.8. The first-order valence-corrected chi connectivity index (χ1v) is 7.17. The fourth-order valence-electron chi connectivity index (χ4n) is 2.36. The first kappa shape index (κ1) is 10.8. The van der Waals surface area contributed by atoms with E-state index in [9.17, 15) is 0 Å². The lowest BCUT2D eigenvalue weighted by atomic mass is 10.1. The molecule has 92 valence electrons. The number of rotatable bonds is 1. The molecule has 0 spiro atoms. The van der Waals surface area contributed by atoms with Crippen molar-refractivity contribution in [1.82, 2.24) is 10.1 Å². The van der Waals surface area contributed by atoms with Gasteiger partial charge in [0.2, 0.25) is 11.9 Å². The molecular weight excluding hydrogens is 254 g/mol. The van der Waals surface area contributed by atoms with Crippen LogP contribution in [0.3, 0.4) is 0 Å². The Bertz CT molecular complexity index is 734. The predicted molar refractivity (Wildman–Crippen MR) is 75.1 cm³/mol. The number of nitrogens with one attached hydrogen (secondary N) is 1. The molecule has 1 aliphatic heterocycles.